The average molecular weight is 294 g/mol. The lowest BCUT2D eigenvalue weighted by atomic mass is 10.0. The van der Waals surface area contributed by atoms with Crippen LogP contribution in [0.2, 0.25) is 0 Å². The van der Waals surface area contributed by atoms with Crippen LogP contribution in [0.4, 0.5) is 0 Å². The highest BCUT2D eigenvalue weighted by atomic mass is 16.1. The first-order chi connectivity index (χ1) is 10.7. The molecule has 0 spiro atoms. The third-order valence-corrected chi connectivity index (χ3v) is 4.29. The van der Waals surface area contributed by atoms with Gasteiger partial charge in [0.1, 0.15) is 0 Å². The number of carbonyl (C=O) groups is 1. The highest BCUT2D eigenvalue weighted by Crippen LogP contribution is 2.20. The third kappa shape index (κ3) is 3.04. The van der Waals surface area contributed by atoms with Gasteiger partial charge in [0.2, 0.25) is 0 Å². The maximum absolute atomic E-state index is 12.5. The van der Waals surface area contributed by atoms with Crippen LogP contribution in [0.15, 0.2) is 42.5 Å². The standard InChI is InChI=1S/C19H22N2O/c1-3-18(14-6-4-13(2)5-7-14)21-19(22)15-8-9-16-11-20-12-17(16)10-15/h4-10,18,20H,3,11-12H2,1-2H3,(H,21,22). The van der Waals surface area contributed by atoms with Crippen LogP contribution in [-0.2, 0) is 13.1 Å². The van der Waals surface area contributed by atoms with Crippen molar-refractivity contribution in [2.75, 3.05) is 0 Å². The quantitative estimate of drug-likeness (QED) is 0.906. The molecule has 0 aromatic heterocycles. The molecule has 1 amide bonds. The van der Waals surface area contributed by atoms with Crippen molar-refractivity contribution in [3.8, 4) is 0 Å². The summed E-state index contributed by atoms with van der Waals surface area (Å²) in [6.45, 7) is 5.92. The molecule has 3 heteroatoms. The molecule has 2 aromatic rings. The number of hydrogen-bond donors (Lipinski definition) is 2. The summed E-state index contributed by atoms with van der Waals surface area (Å²) in [6, 6.07) is 14.4. The lowest BCUT2D eigenvalue weighted by molar-refractivity contribution is 0.0935. The molecule has 114 valence electrons. The van der Waals surface area contributed by atoms with E-state index in [2.05, 4.69) is 54.8 Å². The van der Waals surface area contributed by atoms with Gasteiger partial charge in [-0.3, -0.25) is 4.79 Å². The van der Waals surface area contributed by atoms with E-state index in [1.807, 2.05) is 12.1 Å². The van der Waals surface area contributed by atoms with Crippen molar-refractivity contribution in [3.05, 3.63) is 70.3 Å². The van der Waals surface area contributed by atoms with E-state index in [0.717, 1.165) is 30.6 Å². The molecule has 0 saturated carbocycles. The summed E-state index contributed by atoms with van der Waals surface area (Å²) in [6.07, 6.45) is 0.876. The van der Waals surface area contributed by atoms with Crippen molar-refractivity contribution in [2.24, 2.45) is 0 Å². The second-order valence-electron chi connectivity index (χ2n) is 5.93. The number of amides is 1. The predicted molar refractivity (Wildman–Crippen MR) is 88.7 cm³/mol. The van der Waals surface area contributed by atoms with Crippen LogP contribution in [0.5, 0.6) is 0 Å². The summed E-state index contributed by atoms with van der Waals surface area (Å²) >= 11 is 0. The smallest absolute Gasteiger partial charge is 0.251 e. The summed E-state index contributed by atoms with van der Waals surface area (Å²) in [5.41, 5.74) is 5.66. The minimum Gasteiger partial charge on any atom is -0.345 e. The largest absolute Gasteiger partial charge is 0.345 e. The van der Waals surface area contributed by atoms with Gasteiger partial charge in [-0.15, -0.1) is 0 Å². The third-order valence-electron chi connectivity index (χ3n) is 4.29. The van der Waals surface area contributed by atoms with Gasteiger partial charge in [0.25, 0.3) is 5.91 Å². The molecule has 0 bridgehead atoms. The molecule has 0 saturated heterocycles. The maximum atomic E-state index is 12.5. The molecule has 3 nitrogen and oxygen atoms in total. The number of rotatable bonds is 4. The van der Waals surface area contributed by atoms with Gasteiger partial charge in [-0.1, -0.05) is 42.8 Å². The summed E-state index contributed by atoms with van der Waals surface area (Å²) in [4.78, 5) is 12.5. The van der Waals surface area contributed by atoms with E-state index in [9.17, 15) is 4.79 Å². The van der Waals surface area contributed by atoms with Gasteiger partial charge in [0.15, 0.2) is 0 Å². The summed E-state index contributed by atoms with van der Waals surface area (Å²) in [5.74, 6) is 0.00197. The maximum Gasteiger partial charge on any atom is 0.251 e. The van der Waals surface area contributed by atoms with Crippen LogP contribution >= 0.6 is 0 Å². The van der Waals surface area contributed by atoms with Crippen LogP contribution in [-0.4, -0.2) is 5.91 Å². The normalized spacial score (nSPS) is 14.5. The molecule has 3 rings (SSSR count). The monoisotopic (exact) mass is 294 g/mol. The molecule has 0 fully saturated rings. The fourth-order valence-electron chi connectivity index (χ4n) is 2.90. The van der Waals surface area contributed by atoms with E-state index in [-0.39, 0.29) is 11.9 Å². The van der Waals surface area contributed by atoms with Crippen LogP contribution in [0, 0.1) is 6.92 Å². The fraction of sp³-hybridized carbons (Fsp3) is 0.316. The summed E-state index contributed by atoms with van der Waals surface area (Å²) < 4.78 is 0. The molecular weight excluding hydrogens is 272 g/mol. The Bertz CT molecular complexity index is 676. The van der Waals surface area contributed by atoms with Gasteiger partial charge in [0.05, 0.1) is 6.04 Å². The van der Waals surface area contributed by atoms with Crippen molar-refractivity contribution < 1.29 is 4.79 Å². The Hall–Kier alpha value is -2.13. The van der Waals surface area contributed by atoms with Crippen LogP contribution in [0.3, 0.4) is 0 Å². The van der Waals surface area contributed by atoms with E-state index in [4.69, 9.17) is 0 Å². The van der Waals surface area contributed by atoms with Crippen LogP contribution in [0.25, 0.3) is 0 Å². The van der Waals surface area contributed by atoms with Gasteiger partial charge >= 0.3 is 0 Å². The number of fused-ring (bicyclic) bond motifs is 1. The number of aryl methyl sites for hydroxylation is 1. The number of carbonyl (C=O) groups excluding carboxylic acids is 1. The molecule has 22 heavy (non-hydrogen) atoms. The molecule has 1 atom stereocenters. The molecule has 0 radical (unpaired) electrons. The van der Waals surface area contributed by atoms with Gasteiger partial charge in [-0.25, -0.2) is 0 Å². The molecule has 1 unspecified atom stereocenters. The van der Waals surface area contributed by atoms with E-state index < -0.39 is 0 Å². The molecule has 0 aliphatic carbocycles. The topological polar surface area (TPSA) is 41.1 Å². The molecular formula is C19H22N2O. The van der Waals surface area contributed by atoms with E-state index in [1.54, 1.807) is 0 Å². The molecule has 1 heterocycles. The van der Waals surface area contributed by atoms with Crippen molar-refractivity contribution in [1.82, 2.24) is 10.6 Å². The Kier molecular flexibility index (Phi) is 4.25. The fourth-order valence-corrected chi connectivity index (χ4v) is 2.90. The minimum absolute atomic E-state index is 0.00197. The molecule has 1 aliphatic rings. The van der Waals surface area contributed by atoms with E-state index >= 15 is 0 Å². The molecule has 2 N–H and O–H groups in total. The predicted octanol–water partition coefficient (Wildman–Crippen LogP) is 3.48. The zero-order chi connectivity index (χ0) is 15.5. The highest BCUT2D eigenvalue weighted by Gasteiger charge is 2.16. The second-order valence-corrected chi connectivity index (χ2v) is 5.93. The van der Waals surface area contributed by atoms with Crippen molar-refractivity contribution in [2.45, 2.75) is 39.4 Å². The van der Waals surface area contributed by atoms with Crippen molar-refractivity contribution >= 4 is 5.91 Å². The Morgan fingerprint density at radius 3 is 2.59 bits per heavy atom. The SMILES string of the molecule is CCC(NC(=O)c1ccc2c(c1)CNC2)c1ccc(C)cc1. The highest BCUT2D eigenvalue weighted by molar-refractivity contribution is 5.94. The van der Waals surface area contributed by atoms with Crippen molar-refractivity contribution in [1.29, 1.82) is 0 Å². The van der Waals surface area contributed by atoms with Gasteiger partial charge in [-0.2, -0.15) is 0 Å². The van der Waals surface area contributed by atoms with Crippen LogP contribution in [0.1, 0.15) is 52.0 Å². The molecule has 2 aromatic carbocycles. The average Bonchev–Trinajstić information content (AvgIpc) is 3.01. The Morgan fingerprint density at radius 1 is 1.14 bits per heavy atom. The Labute approximate surface area is 131 Å². The zero-order valence-electron chi connectivity index (χ0n) is 13.1. The van der Waals surface area contributed by atoms with E-state index in [1.165, 1.54) is 16.7 Å². The Morgan fingerprint density at radius 2 is 1.86 bits per heavy atom. The number of hydrogen-bond acceptors (Lipinski definition) is 2. The van der Waals surface area contributed by atoms with Crippen LogP contribution < -0.4 is 10.6 Å². The lowest BCUT2D eigenvalue weighted by Gasteiger charge is -2.18. The summed E-state index contributed by atoms with van der Waals surface area (Å²) in [7, 11) is 0. The first kappa shape index (κ1) is 14.8. The van der Waals surface area contributed by atoms with E-state index in [0.29, 0.717) is 0 Å². The minimum atomic E-state index is 0.00197. The van der Waals surface area contributed by atoms with Crippen molar-refractivity contribution in [3.63, 3.8) is 0 Å². The van der Waals surface area contributed by atoms with Gasteiger partial charge in [-0.05, 0) is 42.2 Å². The zero-order valence-corrected chi connectivity index (χ0v) is 13.1. The summed E-state index contributed by atoms with van der Waals surface area (Å²) in [5, 5.41) is 6.46. The van der Waals surface area contributed by atoms with Gasteiger partial charge in [0, 0.05) is 18.7 Å². The Balaban J connectivity index is 1.76. The lowest BCUT2D eigenvalue weighted by Crippen LogP contribution is -2.28. The first-order valence-corrected chi connectivity index (χ1v) is 7.87. The first-order valence-electron chi connectivity index (χ1n) is 7.87. The number of nitrogens with one attached hydrogen (secondary N) is 2. The second kappa shape index (κ2) is 6.32. The molecule has 1 aliphatic heterocycles. The number of benzene rings is 2. The van der Waals surface area contributed by atoms with Gasteiger partial charge < -0.3 is 10.6 Å².